The highest BCUT2D eigenvalue weighted by molar-refractivity contribution is 6.06. The van der Waals surface area contributed by atoms with E-state index in [2.05, 4.69) is 9.97 Å². The van der Waals surface area contributed by atoms with E-state index < -0.39 is 5.92 Å². The summed E-state index contributed by atoms with van der Waals surface area (Å²) in [6.07, 6.45) is -0.115. The summed E-state index contributed by atoms with van der Waals surface area (Å²) in [5.41, 5.74) is 11.8. The van der Waals surface area contributed by atoms with E-state index in [4.69, 9.17) is 5.73 Å². The zero-order valence-corrected chi connectivity index (χ0v) is 21.6. The molecule has 0 unspecified atom stereocenters. The van der Waals surface area contributed by atoms with Gasteiger partial charge in [0.25, 0.3) is 11.8 Å². The number of carbonyl (C=O) groups is 1. The van der Waals surface area contributed by atoms with Crippen LogP contribution < -0.4 is 5.73 Å². The molecule has 6 rings (SSSR count). The van der Waals surface area contributed by atoms with Crippen molar-refractivity contribution in [2.75, 3.05) is 18.8 Å². The molecular weight excluding hydrogens is 496 g/mol. The average molecular weight is 532 g/mol. The van der Waals surface area contributed by atoms with Gasteiger partial charge < -0.3 is 10.6 Å². The van der Waals surface area contributed by atoms with Gasteiger partial charge >= 0.3 is 0 Å². The molecule has 2 aliphatic rings. The van der Waals surface area contributed by atoms with E-state index in [1.54, 1.807) is 9.80 Å². The lowest BCUT2D eigenvalue weighted by Crippen LogP contribution is -2.27. The van der Waals surface area contributed by atoms with Crippen LogP contribution in [-0.4, -0.2) is 44.7 Å². The van der Waals surface area contributed by atoms with E-state index in [-0.39, 0.29) is 37.9 Å². The number of halogens is 2. The second-order valence-electron chi connectivity index (χ2n) is 9.57. The molecule has 2 aliphatic heterocycles. The highest BCUT2D eigenvalue weighted by atomic mass is 19.3. The molecule has 2 N–H and O–H groups in total. The number of nitrogens with zero attached hydrogens (tertiary/aromatic N) is 4. The predicted octanol–water partition coefficient (Wildman–Crippen LogP) is 6.54. The summed E-state index contributed by atoms with van der Waals surface area (Å²) in [6, 6.07) is 21.4. The van der Waals surface area contributed by atoms with Gasteiger partial charge in [-0.1, -0.05) is 75.9 Å². The van der Waals surface area contributed by atoms with E-state index in [0.717, 1.165) is 27.8 Å². The molecular formula is C31H35F2N5O. The normalized spacial score (nSPS) is 15.8. The lowest BCUT2D eigenvalue weighted by atomic mass is 9.97. The summed E-state index contributed by atoms with van der Waals surface area (Å²) >= 11 is 0. The highest BCUT2D eigenvalue weighted by Gasteiger charge is 2.38. The monoisotopic (exact) mass is 531 g/mol. The standard InChI is InChI=1S/C28H25F2N5O.C2H6.CH4/c29-28(30)11-12-34(17-28)14-21-7-3-4-8-22(21)18-9-10-24-23(13-18)25(33-27(31)32-24)26(36)35-15-19-5-1-2-6-20(19)16-35;1-2;/h1-10,13H,11-12,14-17H2,(H2,31,32,33);1-2H3;1H4. The number of anilines is 1. The van der Waals surface area contributed by atoms with Crippen molar-refractivity contribution in [3.05, 3.63) is 89.1 Å². The third-order valence-corrected chi connectivity index (χ3v) is 7.01. The number of nitrogens with two attached hydrogens (primary N) is 1. The van der Waals surface area contributed by atoms with Crippen LogP contribution in [0.15, 0.2) is 66.7 Å². The highest BCUT2D eigenvalue weighted by Crippen LogP contribution is 2.33. The van der Waals surface area contributed by atoms with Gasteiger partial charge in [-0.2, -0.15) is 0 Å². The molecule has 3 heterocycles. The Kier molecular flexibility index (Phi) is 8.25. The zero-order valence-electron chi connectivity index (χ0n) is 21.6. The third kappa shape index (κ3) is 5.76. The summed E-state index contributed by atoms with van der Waals surface area (Å²) in [5, 5.41) is 0.616. The van der Waals surface area contributed by atoms with E-state index in [1.165, 1.54) is 0 Å². The summed E-state index contributed by atoms with van der Waals surface area (Å²) in [4.78, 5) is 25.8. The smallest absolute Gasteiger partial charge is 0.273 e. The fourth-order valence-corrected chi connectivity index (χ4v) is 5.23. The number of likely N-dealkylation sites (tertiary alicyclic amines) is 1. The van der Waals surface area contributed by atoms with Crippen LogP contribution in [-0.2, 0) is 19.6 Å². The first kappa shape index (κ1) is 28.1. The Morgan fingerprint density at radius 2 is 1.64 bits per heavy atom. The molecule has 3 aromatic carbocycles. The number of nitrogen functional groups attached to an aromatic ring is 1. The number of alkyl halides is 2. The molecule has 0 atom stereocenters. The first-order chi connectivity index (χ1) is 18.4. The Morgan fingerprint density at radius 1 is 0.974 bits per heavy atom. The first-order valence-corrected chi connectivity index (χ1v) is 13.0. The van der Waals surface area contributed by atoms with Crippen LogP contribution in [0.1, 0.15) is 54.9 Å². The van der Waals surface area contributed by atoms with Crippen LogP contribution in [0, 0.1) is 0 Å². The second kappa shape index (κ2) is 11.5. The van der Waals surface area contributed by atoms with Gasteiger partial charge in [0, 0.05) is 38.0 Å². The van der Waals surface area contributed by atoms with Gasteiger partial charge in [-0.15, -0.1) is 0 Å². The fourth-order valence-electron chi connectivity index (χ4n) is 5.23. The molecule has 0 spiro atoms. The topological polar surface area (TPSA) is 75.3 Å². The number of fused-ring (bicyclic) bond motifs is 2. The minimum atomic E-state index is -2.64. The zero-order chi connectivity index (χ0) is 26.9. The van der Waals surface area contributed by atoms with Gasteiger partial charge in [0.1, 0.15) is 5.69 Å². The SMILES string of the molecule is C.CC.Nc1nc(C(=O)N2Cc3ccccc3C2)c2cc(-c3ccccc3CN3CCC(F)(F)C3)ccc2n1. The minimum absolute atomic E-state index is 0. The largest absolute Gasteiger partial charge is 0.368 e. The molecule has 4 aromatic rings. The summed E-state index contributed by atoms with van der Waals surface area (Å²) in [5.74, 6) is -2.79. The van der Waals surface area contributed by atoms with Gasteiger partial charge in [0.05, 0.1) is 12.1 Å². The quantitative estimate of drug-likeness (QED) is 0.324. The second-order valence-corrected chi connectivity index (χ2v) is 9.57. The van der Waals surface area contributed by atoms with Gasteiger partial charge in [-0.25, -0.2) is 18.7 Å². The van der Waals surface area contributed by atoms with Crippen LogP contribution in [0.3, 0.4) is 0 Å². The number of hydrogen-bond acceptors (Lipinski definition) is 5. The Bertz CT molecular complexity index is 1460. The first-order valence-electron chi connectivity index (χ1n) is 13.0. The summed E-state index contributed by atoms with van der Waals surface area (Å²) < 4.78 is 27.5. The fraction of sp³-hybridized carbons (Fsp3) is 0.323. The van der Waals surface area contributed by atoms with Crippen molar-refractivity contribution in [3.63, 3.8) is 0 Å². The lowest BCUT2D eigenvalue weighted by molar-refractivity contribution is 0.0115. The maximum absolute atomic E-state index is 13.8. The Morgan fingerprint density at radius 3 is 2.31 bits per heavy atom. The van der Waals surface area contributed by atoms with Crippen molar-refractivity contribution in [2.45, 2.75) is 53.3 Å². The van der Waals surface area contributed by atoms with Crippen LogP contribution in [0.2, 0.25) is 0 Å². The van der Waals surface area contributed by atoms with Crippen molar-refractivity contribution < 1.29 is 13.6 Å². The number of carbonyl (C=O) groups excluding carboxylic acids is 1. The van der Waals surface area contributed by atoms with Crippen LogP contribution >= 0.6 is 0 Å². The maximum Gasteiger partial charge on any atom is 0.273 e. The molecule has 0 aliphatic carbocycles. The van der Waals surface area contributed by atoms with Crippen LogP contribution in [0.4, 0.5) is 14.7 Å². The predicted molar refractivity (Wildman–Crippen MR) is 152 cm³/mol. The molecule has 8 heteroatoms. The van der Waals surface area contributed by atoms with Crippen molar-refractivity contribution >= 4 is 22.8 Å². The molecule has 6 nitrogen and oxygen atoms in total. The van der Waals surface area contributed by atoms with Gasteiger partial charge in [0.15, 0.2) is 0 Å². The molecule has 0 radical (unpaired) electrons. The van der Waals surface area contributed by atoms with Gasteiger partial charge in [0.2, 0.25) is 5.95 Å². The van der Waals surface area contributed by atoms with Crippen molar-refractivity contribution in [3.8, 4) is 11.1 Å². The van der Waals surface area contributed by atoms with E-state index in [0.29, 0.717) is 37.1 Å². The Hall–Kier alpha value is -3.91. The molecule has 1 saturated heterocycles. The van der Waals surface area contributed by atoms with Gasteiger partial charge in [-0.3, -0.25) is 9.69 Å². The third-order valence-electron chi connectivity index (χ3n) is 7.01. The van der Waals surface area contributed by atoms with Crippen LogP contribution in [0.25, 0.3) is 22.0 Å². The Balaban J connectivity index is 0.00000115. The molecule has 1 fully saturated rings. The van der Waals surface area contributed by atoms with Crippen molar-refractivity contribution in [1.82, 2.24) is 19.8 Å². The molecule has 0 saturated carbocycles. The number of hydrogen-bond donors (Lipinski definition) is 1. The number of benzene rings is 3. The lowest BCUT2D eigenvalue weighted by Gasteiger charge is -2.19. The maximum atomic E-state index is 13.8. The van der Waals surface area contributed by atoms with E-state index in [1.807, 2.05) is 80.6 Å². The number of rotatable bonds is 4. The van der Waals surface area contributed by atoms with Crippen LogP contribution in [0.5, 0.6) is 0 Å². The van der Waals surface area contributed by atoms with Gasteiger partial charge in [-0.05, 0) is 39.9 Å². The van der Waals surface area contributed by atoms with E-state index in [9.17, 15) is 13.6 Å². The summed E-state index contributed by atoms with van der Waals surface area (Å²) in [7, 11) is 0. The number of aromatic nitrogens is 2. The Labute approximate surface area is 228 Å². The molecule has 1 aromatic heterocycles. The number of amides is 1. The molecule has 0 bridgehead atoms. The molecule has 39 heavy (non-hydrogen) atoms. The average Bonchev–Trinajstić information content (AvgIpc) is 3.51. The van der Waals surface area contributed by atoms with Crippen molar-refractivity contribution in [1.29, 1.82) is 0 Å². The molecule has 1 amide bonds. The minimum Gasteiger partial charge on any atom is -0.368 e. The summed E-state index contributed by atoms with van der Waals surface area (Å²) in [6.45, 7) is 5.60. The van der Waals surface area contributed by atoms with Crippen molar-refractivity contribution in [2.24, 2.45) is 0 Å². The van der Waals surface area contributed by atoms with E-state index >= 15 is 0 Å². The molecule has 204 valence electrons.